The van der Waals surface area contributed by atoms with Gasteiger partial charge in [0.25, 0.3) is 0 Å². The van der Waals surface area contributed by atoms with Crippen LogP contribution in [0.3, 0.4) is 0 Å². The van der Waals surface area contributed by atoms with Crippen molar-refractivity contribution in [2.45, 2.75) is 39.2 Å². The molecule has 0 aliphatic heterocycles. The van der Waals surface area contributed by atoms with Gasteiger partial charge in [0.1, 0.15) is 5.78 Å². The van der Waals surface area contributed by atoms with Crippen molar-refractivity contribution in [1.82, 2.24) is 10.2 Å². The average Bonchev–Trinajstić information content (AvgIpc) is 2.57. The molecule has 1 unspecified atom stereocenters. The number of nitrogens with one attached hydrogen (secondary N) is 1. The Bertz CT molecular complexity index is 777. The molecule has 0 heterocycles. The van der Waals surface area contributed by atoms with Gasteiger partial charge in [-0.2, -0.15) is 0 Å². The number of hydrogen-bond acceptors (Lipinski definition) is 3. The van der Waals surface area contributed by atoms with Gasteiger partial charge in [0, 0.05) is 6.54 Å². The quantitative estimate of drug-likeness (QED) is 0.735. The van der Waals surface area contributed by atoms with Crippen LogP contribution in [0.5, 0.6) is 0 Å². The summed E-state index contributed by atoms with van der Waals surface area (Å²) < 4.78 is 0. The Hall–Kier alpha value is -2.20. The number of ketones is 1. The molecule has 2 aromatic rings. The van der Waals surface area contributed by atoms with E-state index in [0.717, 1.165) is 29.3 Å². The second-order valence-corrected chi connectivity index (χ2v) is 7.63. The summed E-state index contributed by atoms with van der Waals surface area (Å²) in [5, 5.41) is 5.54. The molecule has 0 aromatic heterocycles. The maximum Gasteiger partial charge on any atom is 0.228 e. The highest BCUT2D eigenvalue weighted by molar-refractivity contribution is 5.97. The first kappa shape index (κ1) is 20.1. The van der Waals surface area contributed by atoms with Gasteiger partial charge in [-0.15, -0.1) is 0 Å². The van der Waals surface area contributed by atoms with E-state index in [4.69, 9.17) is 0 Å². The Morgan fingerprint density at radius 2 is 1.73 bits per heavy atom. The lowest BCUT2D eigenvalue weighted by Crippen LogP contribution is -2.51. The maximum absolute atomic E-state index is 12.6. The lowest BCUT2D eigenvalue weighted by molar-refractivity contribution is -0.129. The summed E-state index contributed by atoms with van der Waals surface area (Å²) in [5.74, 6) is -0.159. The van der Waals surface area contributed by atoms with Crippen LogP contribution in [0, 0.1) is 5.92 Å². The van der Waals surface area contributed by atoms with Crippen LogP contribution in [0.1, 0.15) is 39.2 Å². The van der Waals surface area contributed by atoms with E-state index in [1.807, 2.05) is 32.3 Å². The second-order valence-electron chi connectivity index (χ2n) is 7.63. The van der Waals surface area contributed by atoms with Gasteiger partial charge in [-0.25, -0.2) is 0 Å². The number of benzene rings is 2. The molecule has 1 N–H and O–H groups in total. The van der Waals surface area contributed by atoms with Crippen LogP contribution >= 0.6 is 0 Å². The number of carbonyl (C=O) groups is 2. The van der Waals surface area contributed by atoms with Crippen LogP contribution < -0.4 is 5.32 Å². The predicted octanol–water partition coefficient (Wildman–Crippen LogP) is 3.74. The van der Waals surface area contributed by atoms with Crippen molar-refractivity contribution >= 4 is 22.5 Å². The van der Waals surface area contributed by atoms with Crippen molar-refractivity contribution in [1.29, 1.82) is 0 Å². The van der Waals surface area contributed by atoms with Crippen molar-refractivity contribution < 1.29 is 9.59 Å². The number of hydrogen-bond donors (Lipinski definition) is 1. The Balaban J connectivity index is 2.59. The van der Waals surface area contributed by atoms with Crippen LogP contribution in [-0.2, 0) is 15.1 Å². The summed E-state index contributed by atoms with van der Waals surface area (Å²) in [6, 6.07) is 14.5. The third-order valence-corrected chi connectivity index (χ3v) is 4.98. The van der Waals surface area contributed by atoms with Crippen LogP contribution in [0.15, 0.2) is 42.5 Å². The highest BCUT2D eigenvalue weighted by atomic mass is 16.2. The van der Waals surface area contributed by atoms with Gasteiger partial charge in [-0.1, -0.05) is 56.3 Å². The molecule has 1 atom stereocenters. The fourth-order valence-electron chi connectivity index (χ4n) is 3.54. The van der Waals surface area contributed by atoms with Gasteiger partial charge >= 0.3 is 0 Å². The largest absolute Gasteiger partial charge is 0.346 e. The summed E-state index contributed by atoms with van der Waals surface area (Å²) in [5.41, 5.74) is 0.585. The molecule has 26 heavy (non-hydrogen) atoms. The summed E-state index contributed by atoms with van der Waals surface area (Å²) >= 11 is 0. The van der Waals surface area contributed by atoms with Crippen molar-refractivity contribution in [3.8, 4) is 0 Å². The summed E-state index contributed by atoms with van der Waals surface area (Å²) in [7, 11) is 4.07. The molecule has 0 fully saturated rings. The molecule has 0 bridgehead atoms. The first-order valence-electron chi connectivity index (χ1n) is 9.19. The lowest BCUT2D eigenvalue weighted by Gasteiger charge is -2.41. The Morgan fingerprint density at radius 3 is 2.35 bits per heavy atom. The molecule has 2 aromatic carbocycles. The molecule has 0 aliphatic carbocycles. The van der Waals surface area contributed by atoms with Gasteiger partial charge < -0.3 is 10.2 Å². The first-order chi connectivity index (χ1) is 12.3. The van der Waals surface area contributed by atoms with Gasteiger partial charge in [0.05, 0.1) is 12.0 Å². The molecule has 1 amide bonds. The zero-order chi connectivity index (χ0) is 19.3. The molecular weight excluding hydrogens is 324 g/mol. The van der Waals surface area contributed by atoms with Crippen LogP contribution in [0.25, 0.3) is 10.8 Å². The number of fused-ring (bicyclic) bond motifs is 1. The highest BCUT2D eigenvalue weighted by Gasteiger charge is 2.38. The SMILES string of the molecule is CC(=O)CC(=O)NC(CCN(C)C)(c1cccc2ccccc12)C(C)C. The van der Waals surface area contributed by atoms with Crippen molar-refractivity contribution in [3.05, 3.63) is 48.0 Å². The van der Waals surface area contributed by atoms with E-state index in [0.29, 0.717) is 0 Å². The first-order valence-corrected chi connectivity index (χ1v) is 9.19. The lowest BCUT2D eigenvalue weighted by atomic mass is 9.75. The standard InChI is InChI=1S/C22H30N2O2/c1-16(2)22(13-14-24(4)5,23-21(26)15-17(3)25)20-12-8-10-18-9-6-7-11-19(18)20/h6-12,16H,13-15H2,1-5H3,(H,23,26). The monoisotopic (exact) mass is 354 g/mol. The van der Waals surface area contributed by atoms with Crippen LogP contribution in [0.2, 0.25) is 0 Å². The third kappa shape index (κ3) is 4.50. The van der Waals surface area contributed by atoms with E-state index in [2.05, 4.69) is 48.3 Å². The molecule has 0 spiro atoms. The second kappa shape index (κ2) is 8.45. The molecule has 2 rings (SSSR count). The summed E-state index contributed by atoms with van der Waals surface area (Å²) in [6.45, 7) is 6.55. The number of rotatable bonds is 8. The van der Waals surface area contributed by atoms with E-state index in [1.165, 1.54) is 6.92 Å². The molecule has 0 saturated heterocycles. The zero-order valence-electron chi connectivity index (χ0n) is 16.5. The van der Waals surface area contributed by atoms with E-state index >= 15 is 0 Å². The topological polar surface area (TPSA) is 49.4 Å². The number of carbonyl (C=O) groups excluding carboxylic acids is 2. The van der Waals surface area contributed by atoms with Gasteiger partial charge in [-0.3, -0.25) is 9.59 Å². The third-order valence-electron chi connectivity index (χ3n) is 4.98. The van der Waals surface area contributed by atoms with Crippen molar-refractivity contribution in [2.75, 3.05) is 20.6 Å². The van der Waals surface area contributed by atoms with E-state index in [9.17, 15) is 9.59 Å². The van der Waals surface area contributed by atoms with Gasteiger partial charge in [-0.05, 0) is 49.7 Å². The molecule has 140 valence electrons. The van der Waals surface area contributed by atoms with Gasteiger partial charge in [0.2, 0.25) is 5.91 Å². The number of nitrogens with zero attached hydrogens (tertiary/aromatic N) is 1. The molecule has 0 aliphatic rings. The molecular formula is C22H30N2O2. The average molecular weight is 354 g/mol. The normalized spacial score (nSPS) is 13.8. The van der Waals surface area contributed by atoms with Crippen molar-refractivity contribution in [2.24, 2.45) is 5.92 Å². The Kier molecular flexibility index (Phi) is 6.54. The molecule has 0 radical (unpaired) electrons. The summed E-state index contributed by atoms with van der Waals surface area (Å²) in [6.07, 6.45) is 0.691. The molecule has 0 saturated carbocycles. The highest BCUT2D eigenvalue weighted by Crippen LogP contribution is 2.37. The maximum atomic E-state index is 12.6. The number of amides is 1. The van der Waals surface area contributed by atoms with E-state index in [-0.39, 0.29) is 24.0 Å². The van der Waals surface area contributed by atoms with E-state index < -0.39 is 5.54 Å². The fraction of sp³-hybridized carbons (Fsp3) is 0.455. The minimum absolute atomic E-state index is 0.0821. The Morgan fingerprint density at radius 1 is 1.08 bits per heavy atom. The minimum Gasteiger partial charge on any atom is -0.346 e. The van der Waals surface area contributed by atoms with Gasteiger partial charge in [0.15, 0.2) is 0 Å². The number of Topliss-reactive ketones (excluding diaryl/α,β-unsaturated/α-hetero) is 1. The predicted molar refractivity (Wildman–Crippen MR) is 107 cm³/mol. The smallest absolute Gasteiger partial charge is 0.228 e. The van der Waals surface area contributed by atoms with Crippen LogP contribution in [0.4, 0.5) is 0 Å². The molecule has 4 nitrogen and oxygen atoms in total. The summed E-state index contributed by atoms with van der Waals surface area (Å²) in [4.78, 5) is 26.2. The Labute approximate surface area is 156 Å². The zero-order valence-corrected chi connectivity index (χ0v) is 16.5. The fourth-order valence-corrected chi connectivity index (χ4v) is 3.54. The van der Waals surface area contributed by atoms with E-state index in [1.54, 1.807) is 0 Å². The molecule has 4 heteroatoms. The van der Waals surface area contributed by atoms with Crippen molar-refractivity contribution in [3.63, 3.8) is 0 Å². The minimum atomic E-state index is -0.530. The van der Waals surface area contributed by atoms with Crippen LogP contribution in [-0.4, -0.2) is 37.2 Å².